The topological polar surface area (TPSA) is 230 Å². The monoisotopic (exact) mass is 1120 g/mol. The summed E-state index contributed by atoms with van der Waals surface area (Å²) in [6.45, 7) is 16.0. The number of phenols is 2. The van der Waals surface area contributed by atoms with Crippen LogP contribution in [0.25, 0.3) is 27.8 Å². The van der Waals surface area contributed by atoms with Crippen molar-refractivity contribution in [2.24, 2.45) is 11.7 Å². The van der Waals surface area contributed by atoms with Crippen molar-refractivity contribution in [3.63, 3.8) is 0 Å². The number of phenolic OH excluding ortho intramolecular Hbond substituents is 2. The molecule has 2 aromatic heterocycles. The normalized spacial score (nSPS) is 18.3. The van der Waals surface area contributed by atoms with E-state index >= 15 is 0 Å². The zero-order valence-electron chi connectivity index (χ0n) is 46.5. The molecular weight excluding hydrogens is 1050 g/mol. The van der Waals surface area contributed by atoms with Gasteiger partial charge in [-0.3, -0.25) is 28.8 Å². The first kappa shape index (κ1) is 56.4. The molecular formula is C60H71ClN14O6. The lowest BCUT2D eigenvalue weighted by molar-refractivity contribution is -0.140. The van der Waals surface area contributed by atoms with Crippen molar-refractivity contribution in [1.29, 1.82) is 5.26 Å². The highest BCUT2D eigenvalue weighted by Gasteiger charge is 2.37. The van der Waals surface area contributed by atoms with E-state index < -0.39 is 5.91 Å². The van der Waals surface area contributed by atoms with Crippen LogP contribution in [0.5, 0.6) is 17.5 Å². The highest BCUT2D eigenvalue weighted by molar-refractivity contribution is 6.36. The minimum atomic E-state index is -0.775. The molecule has 0 aliphatic carbocycles. The molecule has 6 aromatic rings. The van der Waals surface area contributed by atoms with Crippen LogP contribution in [0.2, 0.25) is 5.02 Å². The number of rotatable bonds is 17. The predicted molar refractivity (Wildman–Crippen MR) is 311 cm³/mol. The molecule has 424 valence electrons. The van der Waals surface area contributed by atoms with Crippen LogP contribution in [0, 0.1) is 17.2 Å². The van der Waals surface area contributed by atoms with Crippen LogP contribution < -0.4 is 20.3 Å². The summed E-state index contributed by atoms with van der Waals surface area (Å²) in [6.07, 6.45) is 3.67. The van der Waals surface area contributed by atoms with Gasteiger partial charge in [-0.1, -0.05) is 68.4 Å². The van der Waals surface area contributed by atoms with Crippen molar-refractivity contribution in [1.82, 2.24) is 49.2 Å². The number of aromatic hydroxyl groups is 2. The summed E-state index contributed by atoms with van der Waals surface area (Å²) < 4.78 is 8.06. The van der Waals surface area contributed by atoms with Crippen molar-refractivity contribution < 1.29 is 29.3 Å². The van der Waals surface area contributed by atoms with Crippen LogP contribution in [-0.2, 0) is 29.1 Å². The zero-order valence-corrected chi connectivity index (χ0v) is 47.3. The molecule has 3 amide bonds. The van der Waals surface area contributed by atoms with Crippen molar-refractivity contribution >= 4 is 51.6 Å². The fourth-order valence-electron chi connectivity index (χ4n) is 12.1. The van der Waals surface area contributed by atoms with Gasteiger partial charge in [-0.05, 0) is 105 Å². The SMILES string of the molecule is C=CC(=O)N1CCN(c2nc(OCCN3CCN(C(=O)C4CCN(Cc5ccc(-n6c(C(N)=O)nnc6-c6cc(C(C)C)c(O)cc6O)cc5)CC4)C[C@@H]3CN(C)C)nc3c2CCN(c2cccc4cccc(Cl)c24)C3)C[C@@H]1CC#N. The Kier molecular flexibility index (Phi) is 17.1. The molecule has 3 fully saturated rings. The van der Waals surface area contributed by atoms with E-state index in [0.29, 0.717) is 93.8 Å². The molecule has 2 atom stereocenters. The molecule has 3 saturated heterocycles. The summed E-state index contributed by atoms with van der Waals surface area (Å²) in [6, 6.07) is 25.1. The smallest absolute Gasteiger partial charge is 0.318 e. The molecule has 4 aliphatic rings. The number of ether oxygens (including phenoxy) is 1. The second-order valence-electron chi connectivity index (χ2n) is 22.2. The summed E-state index contributed by atoms with van der Waals surface area (Å²) in [5.41, 5.74) is 11.2. The lowest BCUT2D eigenvalue weighted by Crippen LogP contribution is -2.59. The summed E-state index contributed by atoms with van der Waals surface area (Å²) >= 11 is 6.83. The molecule has 0 radical (unpaired) electrons. The van der Waals surface area contributed by atoms with Crippen molar-refractivity contribution in [2.45, 2.75) is 70.6 Å². The second kappa shape index (κ2) is 24.5. The van der Waals surface area contributed by atoms with Crippen LogP contribution in [0.3, 0.4) is 0 Å². The molecule has 0 saturated carbocycles. The van der Waals surface area contributed by atoms with Gasteiger partial charge in [0, 0.05) is 106 Å². The highest BCUT2D eigenvalue weighted by Crippen LogP contribution is 2.40. The molecule has 10 rings (SSSR count). The number of carbonyl (C=O) groups excluding carboxylic acids is 3. The first-order valence-corrected chi connectivity index (χ1v) is 28.3. The maximum absolute atomic E-state index is 14.3. The molecule has 0 bridgehead atoms. The third-order valence-corrected chi connectivity index (χ3v) is 16.6. The highest BCUT2D eigenvalue weighted by atomic mass is 35.5. The summed E-state index contributed by atoms with van der Waals surface area (Å²) in [4.78, 5) is 65.1. The molecule has 21 heteroatoms. The number of amides is 3. The second-order valence-corrected chi connectivity index (χ2v) is 22.6. The fraction of sp³-hybridized carbons (Fsp3) is 0.433. The number of anilines is 2. The van der Waals surface area contributed by atoms with E-state index in [9.17, 15) is 29.9 Å². The summed E-state index contributed by atoms with van der Waals surface area (Å²) in [5.74, 6) is -0.221. The number of nitrogens with two attached hydrogens (primary N) is 1. The minimum Gasteiger partial charge on any atom is -0.508 e. The Balaban J connectivity index is 0.777. The van der Waals surface area contributed by atoms with Crippen LogP contribution in [0.15, 0.2) is 85.5 Å². The number of hydrogen-bond acceptors (Lipinski definition) is 16. The van der Waals surface area contributed by atoms with Gasteiger partial charge in [0.1, 0.15) is 23.9 Å². The third-order valence-electron chi connectivity index (χ3n) is 16.3. The number of nitriles is 1. The Hall–Kier alpha value is -7.83. The van der Waals surface area contributed by atoms with Gasteiger partial charge in [0.25, 0.3) is 5.91 Å². The molecule has 4 aromatic carbocycles. The van der Waals surface area contributed by atoms with Crippen molar-refractivity contribution in [3.05, 3.63) is 119 Å². The Bertz CT molecular complexity index is 3350. The van der Waals surface area contributed by atoms with Gasteiger partial charge >= 0.3 is 6.01 Å². The minimum absolute atomic E-state index is 0.0375. The number of halogens is 1. The lowest BCUT2D eigenvalue weighted by Gasteiger charge is -2.44. The number of carbonyl (C=O) groups is 3. The van der Waals surface area contributed by atoms with Gasteiger partial charge in [-0.2, -0.15) is 15.2 Å². The zero-order chi connectivity index (χ0) is 57.1. The number of fused-ring (bicyclic) bond motifs is 2. The summed E-state index contributed by atoms with van der Waals surface area (Å²) in [7, 11) is 4.11. The van der Waals surface area contributed by atoms with Gasteiger partial charge in [0.15, 0.2) is 5.82 Å². The number of likely N-dealkylation sites (N-methyl/N-ethyl adjacent to an activating group) is 1. The number of likely N-dealkylation sites (tertiary alicyclic amines) is 1. The maximum Gasteiger partial charge on any atom is 0.318 e. The van der Waals surface area contributed by atoms with Crippen LogP contribution in [0.1, 0.15) is 72.0 Å². The van der Waals surface area contributed by atoms with E-state index in [0.717, 1.165) is 78.1 Å². The predicted octanol–water partition coefficient (Wildman–Crippen LogP) is 6.21. The van der Waals surface area contributed by atoms with Gasteiger partial charge in [-0.25, -0.2) is 0 Å². The Morgan fingerprint density at radius 2 is 1.68 bits per heavy atom. The number of hydrogen-bond donors (Lipinski definition) is 3. The van der Waals surface area contributed by atoms with Gasteiger partial charge in [0.05, 0.1) is 41.4 Å². The van der Waals surface area contributed by atoms with Gasteiger partial charge in [-0.15, -0.1) is 10.2 Å². The standard InChI is InChI=1S/C60H71ClN14O6/c1-6-53(78)74-28-27-72(35-43(74)17-21-62)56-45-20-24-71(50-12-8-10-40-9-7-11-48(61)54(40)50)37-49(45)64-60(65-56)81-30-29-70-25-26-73(36-44(70)34-68(4)5)59(80)41-18-22-69(23-19-41)33-39-13-15-42(16-14-39)75-57(66-67-58(75)55(63)79)47-31-46(38(2)3)51(76)32-52(47)77/h6-16,31-32,38,41,43-44,76-77H,1,17-20,22-30,33-37H2,2-5H3,(H2,63,79)/t43-,44-/m0/s1. The number of piperidine rings is 1. The molecule has 6 heterocycles. The van der Waals surface area contributed by atoms with E-state index in [1.165, 1.54) is 16.7 Å². The first-order chi connectivity index (χ1) is 39.1. The Morgan fingerprint density at radius 1 is 0.914 bits per heavy atom. The van der Waals surface area contributed by atoms with Crippen LogP contribution in [0.4, 0.5) is 11.5 Å². The lowest BCUT2D eigenvalue weighted by atomic mass is 9.94. The molecule has 20 nitrogen and oxygen atoms in total. The maximum atomic E-state index is 14.3. The number of aromatic nitrogens is 5. The number of primary amides is 1. The summed E-state index contributed by atoms with van der Waals surface area (Å²) in [5, 5.41) is 42.2. The van der Waals surface area contributed by atoms with Crippen LogP contribution >= 0.6 is 11.6 Å². The fourth-order valence-corrected chi connectivity index (χ4v) is 12.4. The molecule has 4 aliphatic heterocycles. The van der Waals surface area contributed by atoms with E-state index in [1.807, 2.05) is 50.2 Å². The van der Waals surface area contributed by atoms with Crippen LogP contribution in [-0.4, -0.2) is 182 Å². The van der Waals surface area contributed by atoms with E-state index in [2.05, 4.69) is 90.6 Å². The number of benzene rings is 4. The van der Waals surface area contributed by atoms with E-state index in [1.54, 1.807) is 11.0 Å². The third kappa shape index (κ3) is 12.1. The van der Waals surface area contributed by atoms with E-state index in [-0.39, 0.29) is 71.3 Å². The largest absolute Gasteiger partial charge is 0.508 e. The van der Waals surface area contributed by atoms with Crippen molar-refractivity contribution in [3.8, 4) is 40.7 Å². The molecule has 0 spiro atoms. The quantitative estimate of drug-likeness (QED) is 0.0863. The molecule has 0 unspecified atom stereocenters. The Morgan fingerprint density at radius 3 is 2.40 bits per heavy atom. The first-order valence-electron chi connectivity index (χ1n) is 27.9. The number of piperazine rings is 2. The Labute approximate surface area is 477 Å². The molecule has 4 N–H and O–H groups in total. The average Bonchev–Trinajstić information content (AvgIpc) is 4.19. The van der Waals surface area contributed by atoms with E-state index in [4.69, 9.17) is 32.0 Å². The van der Waals surface area contributed by atoms with Gasteiger partial charge in [0.2, 0.25) is 17.6 Å². The molecule has 81 heavy (non-hydrogen) atoms. The average molecular weight is 1120 g/mol. The number of nitrogens with zero attached hydrogens (tertiary/aromatic N) is 13. The van der Waals surface area contributed by atoms with Gasteiger partial charge < -0.3 is 45.2 Å². The van der Waals surface area contributed by atoms with Crippen molar-refractivity contribution in [2.75, 3.05) is 102 Å².